The lowest BCUT2D eigenvalue weighted by molar-refractivity contribution is -0.131. The molecule has 4 heteroatoms. The van der Waals surface area contributed by atoms with Crippen molar-refractivity contribution in [3.05, 3.63) is 29.8 Å². The molecule has 0 spiro atoms. The van der Waals surface area contributed by atoms with Crippen molar-refractivity contribution >= 4 is 11.5 Å². The van der Waals surface area contributed by atoms with Crippen LogP contribution in [0.1, 0.15) is 25.3 Å². The third-order valence-corrected chi connectivity index (χ3v) is 2.37. The molecule has 0 unspecified atom stereocenters. The molecule has 0 aromatic heterocycles. The van der Waals surface area contributed by atoms with Crippen LogP contribution in [0.4, 0.5) is 0 Å². The van der Waals surface area contributed by atoms with Crippen molar-refractivity contribution in [2.24, 2.45) is 0 Å². The number of phenolic OH excluding ortho intramolecular Hbond substituents is 1. The molecule has 0 aliphatic heterocycles. The molecule has 0 fully saturated rings. The van der Waals surface area contributed by atoms with Gasteiger partial charge in [0.25, 0.3) is 0 Å². The molecule has 0 saturated heterocycles. The number of rotatable bonds is 5. The van der Waals surface area contributed by atoms with E-state index in [9.17, 15) is 9.90 Å². The Hall–Kier alpha value is -1.97. The van der Waals surface area contributed by atoms with Crippen molar-refractivity contribution in [1.82, 2.24) is 0 Å². The summed E-state index contributed by atoms with van der Waals surface area (Å²) in [5.74, 6) is -0.585. The van der Waals surface area contributed by atoms with E-state index in [0.717, 1.165) is 17.6 Å². The second kappa shape index (κ2) is 5.94. The third-order valence-electron chi connectivity index (χ3n) is 2.37. The number of benzene rings is 1. The summed E-state index contributed by atoms with van der Waals surface area (Å²) < 4.78 is 4.99. The molecule has 1 aromatic carbocycles. The van der Waals surface area contributed by atoms with E-state index in [2.05, 4.69) is 0 Å². The Balaban J connectivity index is 3.14. The zero-order chi connectivity index (χ0) is 12.8. The van der Waals surface area contributed by atoms with Gasteiger partial charge in [0.05, 0.1) is 7.11 Å². The van der Waals surface area contributed by atoms with Gasteiger partial charge in [-0.25, -0.2) is 4.79 Å². The molecule has 0 saturated carbocycles. The van der Waals surface area contributed by atoms with Gasteiger partial charge >= 0.3 is 5.97 Å². The number of phenols is 1. The zero-order valence-corrected chi connectivity index (χ0v) is 9.93. The van der Waals surface area contributed by atoms with Crippen molar-refractivity contribution in [3.8, 4) is 11.5 Å². The van der Waals surface area contributed by atoms with Crippen molar-refractivity contribution in [2.45, 2.75) is 19.8 Å². The molecule has 0 aliphatic carbocycles. The summed E-state index contributed by atoms with van der Waals surface area (Å²) in [6.45, 7) is 1.98. The number of ether oxygens (including phenoxy) is 1. The topological polar surface area (TPSA) is 66.8 Å². The Morgan fingerprint density at radius 2 is 2.18 bits per heavy atom. The maximum atomic E-state index is 10.7. The summed E-state index contributed by atoms with van der Waals surface area (Å²) in [5.41, 5.74) is 1.47. The minimum Gasteiger partial charge on any atom is -0.504 e. The molecule has 0 atom stereocenters. The van der Waals surface area contributed by atoms with Crippen molar-refractivity contribution in [3.63, 3.8) is 0 Å². The third kappa shape index (κ3) is 3.52. The van der Waals surface area contributed by atoms with E-state index >= 15 is 0 Å². The van der Waals surface area contributed by atoms with Crippen LogP contribution in [0.25, 0.3) is 5.57 Å². The van der Waals surface area contributed by atoms with Gasteiger partial charge in [0.2, 0.25) is 0 Å². The van der Waals surface area contributed by atoms with Gasteiger partial charge in [-0.1, -0.05) is 19.4 Å². The van der Waals surface area contributed by atoms with E-state index in [-0.39, 0.29) is 5.75 Å². The number of carboxylic acid groups (broad SMARTS) is 1. The summed E-state index contributed by atoms with van der Waals surface area (Å²) in [5, 5.41) is 18.3. The predicted molar refractivity (Wildman–Crippen MR) is 65.2 cm³/mol. The summed E-state index contributed by atoms with van der Waals surface area (Å²) in [7, 11) is 1.46. The lowest BCUT2D eigenvalue weighted by Gasteiger charge is -2.09. The fourth-order valence-corrected chi connectivity index (χ4v) is 1.60. The smallest absolute Gasteiger partial charge is 0.328 e. The largest absolute Gasteiger partial charge is 0.504 e. The first-order valence-corrected chi connectivity index (χ1v) is 5.39. The maximum absolute atomic E-state index is 10.7. The number of methoxy groups -OCH3 is 1. The van der Waals surface area contributed by atoms with Gasteiger partial charge in [-0.2, -0.15) is 0 Å². The molecule has 0 aliphatic rings. The Kier molecular flexibility index (Phi) is 4.57. The van der Waals surface area contributed by atoms with Gasteiger partial charge in [0.1, 0.15) is 0 Å². The van der Waals surface area contributed by atoms with E-state index < -0.39 is 5.97 Å². The number of hydrogen-bond acceptors (Lipinski definition) is 3. The van der Waals surface area contributed by atoms with Crippen LogP contribution in [-0.2, 0) is 4.79 Å². The van der Waals surface area contributed by atoms with Crippen molar-refractivity contribution in [2.75, 3.05) is 7.11 Å². The molecular weight excluding hydrogens is 220 g/mol. The number of aliphatic carboxylic acids is 1. The van der Waals surface area contributed by atoms with Gasteiger partial charge < -0.3 is 14.9 Å². The molecule has 0 radical (unpaired) electrons. The molecule has 0 amide bonds. The molecule has 92 valence electrons. The minimum absolute atomic E-state index is 0.0439. The summed E-state index contributed by atoms with van der Waals surface area (Å²) in [6, 6.07) is 4.82. The Morgan fingerprint density at radius 3 is 2.71 bits per heavy atom. The van der Waals surface area contributed by atoms with Crippen molar-refractivity contribution < 1.29 is 19.7 Å². The first kappa shape index (κ1) is 13.1. The lowest BCUT2D eigenvalue weighted by atomic mass is 10.0. The molecular formula is C13H16O4. The fraction of sp³-hybridized carbons (Fsp3) is 0.308. The standard InChI is InChI=1S/C13H16O4/c1-3-4-9(8-13(15)16)10-5-6-11(14)12(7-10)17-2/h5-8,14H,3-4H2,1-2H3,(H,15,16). The molecule has 17 heavy (non-hydrogen) atoms. The summed E-state index contributed by atoms with van der Waals surface area (Å²) in [4.78, 5) is 10.7. The van der Waals surface area contributed by atoms with Crippen molar-refractivity contribution in [1.29, 1.82) is 0 Å². The van der Waals surface area contributed by atoms with Crippen LogP contribution in [0.15, 0.2) is 24.3 Å². The Morgan fingerprint density at radius 1 is 1.47 bits per heavy atom. The number of aromatic hydroxyl groups is 1. The monoisotopic (exact) mass is 236 g/mol. The van der Waals surface area contributed by atoms with Crippen LogP contribution in [0, 0.1) is 0 Å². The number of allylic oxidation sites excluding steroid dienone is 1. The highest BCUT2D eigenvalue weighted by Crippen LogP contribution is 2.30. The zero-order valence-electron chi connectivity index (χ0n) is 9.93. The molecule has 2 N–H and O–H groups in total. The minimum atomic E-state index is -0.972. The van der Waals surface area contributed by atoms with Gasteiger partial charge in [-0.15, -0.1) is 0 Å². The maximum Gasteiger partial charge on any atom is 0.328 e. The van der Waals surface area contributed by atoms with E-state index in [1.807, 2.05) is 6.92 Å². The molecule has 0 bridgehead atoms. The van der Waals surface area contributed by atoms with E-state index in [1.165, 1.54) is 19.3 Å². The van der Waals surface area contributed by atoms with Gasteiger partial charge in [0, 0.05) is 6.08 Å². The van der Waals surface area contributed by atoms with Crippen LogP contribution in [0.3, 0.4) is 0 Å². The normalized spacial score (nSPS) is 11.3. The van der Waals surface area contributed by atoms with Crippen LogP contribution >= 0.6 is 0 Å². The average Bonchev–Trinajstić information content (AvgIpc) is 2.28. The second-order valence-corrected chi connectivity index (χ2v) is 3.64. The molecule has 4 nitrogen and oxygen atoms in total. The van der Waals surface area contributed by atoms with Crippen LogP contribution < -0.4 is 4.74 Å². The first-order valence-electron chi connectivity index (χ1n) is 5.39. The SMILES string of the molecule is CCCC(=CC(=O)O)c1ccc(O)c(OC)c1. The number of hydrogen-bond donors (Lipinski definition) is 2. The first-order chi connectivity index (χ1) is 8.08. The number of carboxylic acids is 1. The van der Waals surface area contributed by atoms with Crippen LogP contribution in [0.5, 0.6) is 11.5 Å². The van der Waals surface area contributed by atoms with Gasteiger partial charge in [0.15, 0.2) is 11.5 Å². The lowest BCUT2D eigenvalue weighted by Crippen LogP contribution is -1.94. The molecule has 0 heterocycles. The highest BCUT2D eigenvalue weighted by molar-refractivity contribution is 5.90. The highest BCUT2D eigenvalue weighted by Gasteiger charge is 2.07. The fourth-order valence-electron chi connectivity index (χ4n) is 1.60. The van der Waals surface area contributed by atoms with E-state index in [4.69, 9.17) is 9.84 Å². The molecule has 1 aromatic rings. The Labute approximate surface area is 100 Å². The van der Waals surface area contributed by atoms with Gasteiger partial charge in [-0.3, -0.25) is 0 Å². The van der Waals surface area contributed by atoms with E-state index in [1.54, 1.807) is 12.1 Å². The highest BCUT2D eigenvalue weighted by atomic mass is 16.5. The summed E-state index contributed by atoms with van der Waals surface area (Å²) >= 11 is 0. The quantitative estimate of drug-likeness (QED) is 0.771. The van der Waals surface area contributed by atoms with Gasteiger partial charge in [-0.05, 0) is 29.7 Å². The number of carbonyl (C=O) groups is 1. The average molecular weight is 236 g/mol. The second-order valence-electron chi connectivity index (χ2n) is 3.64. The predicted octanol–water partition coefficient (Wildman–Crippen LogP) is 2.67. The van der Waals surface area contributed by atoms with E-state index in [0.29, 0.717) is 12.2 Å². The van der Waals surface area contributed by atoms with Crippen LogP contribution in [0.2, 0.25) is 0 Å². The summed E-state index contributed by atoms with van der Waals surface area (Å²) in [6.07, 6.45) is 2.71. The molecule has 1 rings (SSSR count). The Bertz CT molecular complexity index is 435. The van der Waals surface area contributed by atoms with Crippen LogP contribution in [-0.4, -0.2) is 23.3 Å².